The molecule has 2 N–H and O–H groups in total. The average molecular weight is 164 g/mol. The standard InChI is InChI=1S/C8H12N4/c1-12-5-10-11-8(12)6-2-3-7(9)4-6/h4-5,7H,2-3,9H2,1H3. The van der Waals surface area contributed by atoms with Gasteiger partial charge in [-0.05, 0) is 18.4 Å². The molecule has 4 heteroatoms. The van der Waals surface area contributed by atoms with Crippen molar-refractivity contribution in [1.82, 2.24) is 14.8 Å². The third-order valence-corrected chi connectivity index (χ3v) is 2.16. The van der Waals surface area contributed by atoms with Crippen LogP contribution in [0.3, 0.4) is 0 Å². The predicted molar refractivity (Wildman–Crippen MR) is 46.2 cm³/mol. The van der Waals surface area contributed by atoms with Gasteiger partial charge in [-0.25, -0.2) is 0 Å². The molecule has 1 aromatic heterocycles. The lowest BCUT2D eigenvalue weighted by molar-refractivity contribution is 0.779. The fourth-order valence-corrected chi connectivity index (χ4v) is 1.51. The highest BCUT2D eigenvalue weighted by Gasteiger charge is 2.16. The van der Waals surface area contributed by atoms with E-state index < -0.39 is 0 Å². The molecule has 1 unspecified atom stereocenters. The molecule has 0 saturated heterocycles. The number of aromatic nitrogens is 3. The van der Waals surface area contributed by atoms with E-state index in [4.69, 9.17) is 5.73 Å². The zero-order valence-corrected chi connectivity index (χ0v) is 7.07. The van der Waals surface area contributed by atoms with E-state index in [2.05, 4.69) is 16.3 Å². The van der Waals surface area contributed by atoms with Crippen LogP contribution < -0.4 is 5.73 Å². The third kappa shape index (κ3) is 1.14. The van der Waals surface area contributed by atoms with Gasteiger partial charge in [-0.3, -0.25) is 0 Å². The summed E-state index contributed by atoms with van der Waals surface area (Å²) in [5.74, 6) is 0.947. The zero-order chi connectivity index (χ0) is 8.55. The van der Waals surface area contributed by atoms with E-state index in [1.165, 1.54) is 5.57 Å². The molecule has 2 rings (SSSR count). The van der Waals surface area contributed by atoms with Gasteiger partial charge in [0, 0.05) is 13.1 Å². The molecule has 1 aliphatic rings. The molecule has 0 aliphatic heterocycles. The SMILES string of the molecule is Cn1cnnc1C1=CC(N)CC1. The van der Waals surface area contributed by atoms with Crippen LogP contribution in [0.4, 0.5) is 0 Å². The van der Waals surface area contributed by atoms with Gasteiger partial charge in [0.1, 0.15) is 6.33 Å². The van der Waals surface area contributed by atoms with Crippen LogP contribution in [-0.2, 0) is 7.05 Å². The topological polar surface area (TPSA) is 56.7 Å². The molecular formula is C8H12N4. The Labute approximate surface area is 71.1 Å². The molecule has 12 heavy (non-hydrogen) atoms. The first-order valence-corrected chi connectivity index (χ1v) is 4.08. The van der Waals surface area contributed by atoms with Crippen molar-refractivity contribution in [2.75, 3.05) is 0 Å². The monoisotopic (exact) mass is 164 g/mol. The fourth-order valence-electron chi connectivity index (χ4n) is 1.51. The maximum Gasteiger partial charge on any atom is 0.159 e. The summed E-state index contributed by atoms with van der Waals surface area (Å²) >= 11 is 0. The molecular weight excluding hydrogens is 152 g/mol. The Morgan fingerprint density at radius 1 is 1.67 bits per heavy atom. The van der Waals surface area contributed by atoms with E-state index in [-0.39, 0.29) is 6.04 Å². The summed E-state index contributed by atoms with van der Waals surface area (Å²) in [6.07, 6.45) is 5.83. The minimum absolute atomic E-state index is 0.205. The molecule has 0 fully saturated rings. The van der Waals surface area contributed by atoms with Crippen LogP contribution in [0.25, 0.3) is 5.57 Å². The Morgan fingerprint density at radius 3 is 3.00 bits per heavy atom. The highest BCUT2D eigenvalue weighted by atomic mass is 15.2. The molecule has 0 saturated carbocycles. The first-order chi connectivity index (χ1) is 5.77. The van der Waals surface area contributed by atoms with E-state index in [0.29, 0.717) is 0 Å². The Hall–Kier alpha value is -1.16. The molecule has 0 spiro atoms. The normalized spacial score (nSPS) is 22.8. The number of aryl methyl sites for hydroxylation is 1. The second kappa shape index (κ2) is 2.71. The summed E-state index contributed by atoms with van der Waals surface area (Å²) in [5.41, 5.74) is 6.97. The summed E-state index contributed by atoms with van der Waals surface area (Å²) < 4.78 is 1.92. The molecule has 1 aromatic rings. The highest BCUT2D eigenvalue weighted by molar-refractivity contribution is 5.62. The van der Waals surface area contributed by atoms with Crippen LogP contribution in [0.2, 0.25) is 0 Å². The van der Waals surface area contributed by atoms with Gasteiger partial charge in [0.05, 0.1) is 0 Å². The maximum absolute atomic E-state index is 5.75. The zero-order valence-electron chi connectivity index (χ0n) is 7.07. The van der Waals surface area contributed by atoms with Crippen molar-refractivity contribution in [2.45, 2.75) is 18.9 Å². The molecule has 4 nitrogen and oxygen atoms in total. The number of nitrogens with two attached hydrogens (primary N) is 1. The molecule has 1 aliphatic carbocycles. The van der Waals surface area contributed by atoms with Crippen LogP contribution >= 0.6 is 0 Å². The van der Waals surface area contributed by atoms with E-state index in [1.54, 1.807) is 6.33 Å². The Morgan fingerprint density at radius 2 is 2.50 bits per heavy atom. The summed E-state index contributed by atoms with van der Waals surface area (Å²) in [6.45, 7) is 0. The predicted octanol–water partition coefficient (Wildman–Crippen LogP) is 0.320. The van der Waals surface area contributed by atoms with Crippen molar-refractivity contribution in [1.29, 1.82) is 0 Å². The molecule has 0 aromatic carbocycles. The first kappa shape index (κ1) is 7.49. The number of hydrogen-bond donors (Lipinski definition) is 1. The number of allylic oxidation sites excluding steroid dienone is 1. The van der Waals surface area contributed by atoms with Gasteiger partial charge in [-0.1, -0.05) is 6.08 Å². The van der Waals surface area contributed by atoms with Crippen molar-refractivity contribution in [3.05, 3.63) is 18.2 Å². The number of hydrogen-bond acceptors (Lipinski definition) is 3. The van der Waals surface area contributed by atoms with Crippen LogP contribution in [0.1, 0.15) is 18.7 Å². The van der Waals surface area contributed by atoms with Gasteiger partial charge in [-0.15, -0.1) is 10.2 Å². The molecule has 64 valence electrons. The van der Waals surface area contributed by atoms with Crippen molar-refractivity contribution in [2.24, 2.45) is 12.8 Å². The second-order valence-corrected chi connectivity index (χ2v) is 3.16. The van der Waals surface area contributed by atoms with Crippen molar-refractivity contribution in [3.63, 3.8) is 0 Å². The van der Waals surface area contributed by atoms with E-state index in [0.717, 1.165) is 18.7 Å². The average Bonchev–Trinajstić information content (AvgIpc) is 2.58. The first-order valence-electron chi connectivity index (χ1n) is 4.08. The lowest BCUT2D eigenvalue weighted by Crippen LogP contribution is -2.11. The molecule has 0 bridgehead atoms. The lowest BCUT2D eigenvalue weighted by Gasteiger charge is -1.98. The van der Waals surface area contributed by atoms with Crippen LogP contribution in [-0.4, -0.2) is 20.8 Å². The van der Waals surface area contributed by atoms with Crippen LogP contribution in [0.15, 0.2) is 12.4 Å². The van der Waals surface area contributed by atoms with Crippen LogP contribution in [0.5, 0.6) is 0 Å². The van der Waals surface area contributed by atoms with Gasteiger partial charge in [0.15, 0.2) is 5.82 Å². The quantitative estimate of drug-likeness (QED) is 0.650. The van der Waals surface area contributed by atoms with Crippen molar-refractivity contribution >= 4 is 5.57 Å². The minimum Gasteiger partial charge on any atom is -0.324 e. The van der Waals surface area contributed by atoms with Crippen LogP contribution in [0, 0.1) is 0 Å². The molecule has 0 amide bonds. The van der Waals surface area contributed by atoms with Crippen molar-refractivity contribution in [3.8, 4) is 0 Å². The Bertz CT molecular complexity index is 313. The molecule has 0 radical (unpaired) electrons. The summed E-state index contributed by atoms with van der Waals surface area (Å²) in [6, 6.07) is 0.205. The summed E-state index contributed by atoms with van der Waals surface area (Å²) in [4.78, 5) is 0. The van der Waals surface area contributed by atoms with Gasteiger partial charge < -0.3 is 10.3 Å². The Balaban J connectivity index is 2.32. The second-order valence-electron chi connectivity index (χ2n) is 3.16. The van der Waals surface area contributed by atoms with E-state index >= 15 is 0 Å². The van der Waals surface area contributed by atoms with Gasteiger partial charge in [-0.2, -0.15) is 0 Å². The highest BCUT2D eigenvalue weighted by Crippen LogP contribution is 2.24. The smallest absolute Gasteiger partial charge is 0.159 e. The van der Waals surface area contributed by atoms with Gasteiger partial charge in [0.25, 0.3) is 0 Å². The van der Waals surface area contributed by atoms with Crippen molar-refractivity contribution < 1.29 is 0 Å². The lowest BCUT2D eigenvalue weighted by atomic mass is 10.2. The fraction of sp³-hybridized carbons (Fsp3) is 0.500. The number of nitrogens with zero attached hydrogens (tertiary/aromatic N) is 3. The van der Waals surface area contributed by atoms with E-state index in [9.17, 15) is 0 Å². The maximum atomic E-state index is 5.75. The van der Waals surface area contributed by atoms with Gasteiger partial charge >= 0.3 is 0 Å². The third-order valence-electron chi connectivity index (χ3n) is 2.16. The molecule has 1 atom stereocenters. The minimum atomic E-state index is 0.205. The Kier molecular flexibility index (Phi) is 1.69. The summed E-state index contributed by atoms with van der Waals surface area (Å²) in [7, 11) is 1.94. The van der Waals surface area contributed by atoms with E-state index in [1.807, 2.05) is 11.6 Å². The largest absolute Gasteiger partial charge is 0.324 e. The van der Waals surface area contributed by atoms with Gasteiger partial charge in [0.2, 0.25) is 0 Å². The molecule has 1 heterocycles. The summed E-state index contributed by atoms with van der Waals surface area (Å²) in [5, 5.41) is 7.84. The number of rotatable bonds is 1.